The van der Waals surface area contributed by atoms with Crippen LogP contribution in [-0.2, 0) is 26.6 Å². The van der Waals surface area contributed by atoms with Crippen molar-refractivity contribution in [3.8, 4) is 0 Å². The summed E-state index contributed by atoms with van der Waals surface area (Å²) in [6.07, 6.45) is 0. The van der Waals surface area contributed by atoms with Gasteiger partial charge >= 0.3 is 17.4 Å². The zero-order chi connectivity index (χ0) is 28.8. The van der Waals surface area contributed by atoms with E-state index >= 15 is 0 Å². The van der Waals surface area contributed by atoms with E-state index in [2.05, 4.69) is 6.55 Å². The smallest absolute Gasteiger partial charge is 0.415 e. The van der Waals surface area contributed by atoms with E-state index in [-0.39, 0.29) is 0 Å². The molecule has 0 aliphatic rings. The maximum atomic E-state index is 5.68. The third kappa shape index (κ3) is 9.65. The molecule has 1 radical (unpaired) electrons. The fraction of sp³-hybridized carbons (Fsp3) is 0.308. The van der Waals surface area contributed by atoms with Gasteiger partial charge in [-0.2, -0.15) is 0 Å². The Morgan fingerprint density at radius 3 is 1.39 bits per heavy atom. The Bertz CT molecular complexity index is 1090. The van der Waals surface area contributed by atoms with Crippen LogP contribution in [0.15, 0.2) is 72.8 Å². The summed E-state index contributed by atoms with van der Waals surface area (Å²) in [4.78, 5) is 0. The highest BCUT2D eigenvalue weighted by Crippen LogP contribution is 2.09. The van der Waals surface area contributed by atoms with Crippen molar-refractivity contribution < 1.29 is 26.6 Å². The minimum atomic E-state index is -2.70. The minimum Gasteiger partial charge on any atom is -0.415 e. The fourth-order valence-electron chi connectivity index (χ4n) is 3.35. The van der Waals surface area contributed by atoms with Crippen LogP contribution in [0.1, 0.15) is 0 Å². The van der Waals surface area contributed by atoms with E-state index in [1.807, 2.05) is 79.3 Å². The second-order valence-electron chi connectivity index (χ2n) is 8.16. The predicted molar refractivity (Wildman–Crippen MR) is 163 cm³/mol. The maximum absolute atomic E-state index is 5.68. The fourth-order valence-corrected chi connectivity index (χ4v) is 7.60. The van der Waals surface area contributed by atoms with Gasteiger partial charge in [-0.3, -0.25) is 0 Å². The van der Waals surface area contributed by atoms with Crippen LogP contribution >= 0.6 is 0 Å². The molecule has 0 unspecified atom stereocenters. The van der Waals surface area contributed by atoms with Crippen molar-refractivity contribution >= 4 is 59.0 Å². The van der Waals surface area contributed by atoms with Crippen LogP contribution in [-0.4, -0.2) is 69.1 Å². The molecule has 0 spiro atoms. The lowest BCUT2D eigenvalue weighted by atomic mass is 10.3. The molecule has 0 amide bonds. The molecule has 0 atom stereocenters. The monoisotopic (exact) mass is 576 g/mol. The summed E-state index contributed by atoms with van der Waals surface area (Å²) in [5.74, 6) is 0. The van der Waals surface area contributed by atoms with Crippen LogP contribution in [0.5, 0.6) is 0 Å². The number of nitrogens with two attached hydrogens (primary N) is 3. The first-order valence-corrected chi connectivity index (χ1v) is 17.7. The molecule has 0 fully saturated rings. The van der Waals surface area contributed by atoms with Crippen molar-refractivity contribution in [3.63, 3.8) is 0 Å². The van der Waals surface area contributed by atoms with E-state index in [4.69, 9.17) is 43.8 Å². The van der Waals surface area contributed by atoms with E-state index in [0.717, 1.165) is 21.7 Å². The van der Waals surface area contributed by atoms with E-state index in [1.54, 1.807) is 42.7 Å². The van der Waals surface area contributed by atoms with Crippen molar-refractivity contribution in [3.05, 3.63) is 72.8 Å². The Morgan fingerprint density at radius 1 is 0.579 bits per heavy atom. The third-order valence-electron chi connectivity index (χ3n) is 5.84. The van der Waals surface area contributed by atoms with E-state index in [0.29, 0.717) is 5.69 Å². The van der Waals surface area contributed by atoms with E-state index in [9.17, 15) is 0 Å². The zero-order valence-electron chi connectivity index (χ0n) is 23.6. The standard InChI is InChI=1S/C9H15NO3Si.C9H15NO2Si.C8H12NOSi/c1-11-14(12-2,13-3)9-6-4-5-8(10)7-9;1-11-13(3,12-2)9-6-4-5-8(10)7-9;1-10-11(2)8-5-3-4-7(9)6-8/h4-7H,10H2,1-3H3;4-7H,10H2,1-3H3;3-6H,9H2,1-2H3. The number of anilines is 3. The maximum Gasteiger partial charge on any atom is 0.536 e. The van der Waals surface area contributed by atoms with Crippen molar-refractivity contribution in [2.75, 3.05) is 59.9 Å². The van der Waals surface area contributed by atoms with Crippen LogP contribution in [0, 0.1) is 0 Å². The van der Waals surface area contributed by atoms with Gasteiger partial charge in [0, 0.05) is 64.9 Å². The van der Waals surface area contributed by atoms with Crippen LogP contribution in [0.2, 0.25) is 13.1 Å². The molecular weight excluding hydrogens is 535 g/mol. The lowest BCUT2D eigenvalue weighted by Crippen LogP contribution is -2.54. The largest absolute Gasteiger partial charge is 0.536 e. The summed E-state index contributed by atoms with van der Waals surface area (Å²) in [7, 11) is 4.08. The average molecular weight is 577 g/mol. The van der Waals surface area contributed by atoms with Gasteiger partial charge in [0.05, 0.1) is 0 Å². The Labute approximate surface area is 231 Å². The summed E-state index contributed by atoms with van der Waals surface area (Å²) < 4.78 is 32.0. The SMILES string of the molecule is CO[Si](C)(OC)c1cccc(N)c1.CO[Si](C)c1cccc(N)c1.CO[Si](OC)(OC)c1cccc(N)c1. The average Bonchev–Trinajstić information content (AvgIpc) is 2.94. The molecule has 0 aliphatic heterocycles. The summed E-state index contributed by atoms with van der Waals surface area (Å²) in [6, 6.07) is 22.9. The van der Waals surface area contributed by atoms with Gasteiger partial charge in [-0.25, -0.2) is 0 Å². The molecule has 209 valence electrons. The highest BCUT2D eigenvalue weighted by Gasteiger charge is 2.40. The van der Waals surface area contributed by atoms with Crippen LogP contribution < -0.4 is 32.8 Å². The molecule has 0 saturated heterocycles. The second-order valence-corrected chi connectivity index (χ2v) is 16.5. The lowest BCUT2D eigenvalue weighted by Gasteiger charge is -2.24. The number of benzene rings is 3. The first-order chi connectivity index (χ1) is 18.0. The van der Waals surface area contributed by atoms with E-state index < -0.39 is 26.4 Å². The second kappa shape index (κ2) is 16.4. The Kier molecular flexibility index (Phi) is 14.5. The lowest BCUT2D eigenvalue weighted by molar-refractivity contribution is 0.140. The molecule has 0 saturated carbocycles. The van der Waals surface area contributed by atoms with Gasteiger partial charge in [-0.15, -0.1) is 0 Å². The molecule has 6 N–H and O–H groups in total. The van der Waals surface area contributed by atoms with Gasteiger partial charge in [0.15, 0.2) is 0 Å². The molecule has 0 aliphatic carbocycles. The Hall–Kier alpha value is -2.53. The molecule has 38 heavy (non-hydrogen) atoms. The Morgan fingerprint density at radius 2 is 1.00 bits per heavy atom. The topological polar surface area (TPSA) is 133 Å². The van der Waals surface area contributed by atoms with E-state index in [1.165, 1.54) is 5.19 Å². The number of hydrogen-bond donors (Lipinski definition) is 3. The van der Waals surface area contributed by atoms with Crippen molar-refractivity contribution in [1.82, 2.24) is 0 Å². The Balaban J connectivity index is 0.000000287. The van der Waals surface area contributed by atoms with Crippen LogP contribution in [0.4, 0.5) is 17.1 Å². The van der Waals surface area contributed by atoms with Crippen LogP contribution in [0.3, 0.4) is 0 Å². The van der Waals surface area contributed by atoms with Crippen molar-refractivity contribution in [2.24, 2.45) is 0 Å². The zero-order valence-corrected chi connectivity index (χ0v) is 26.6. The highest BCUT2D eigenvalue weighted by atomic mass is 28.4. The number of hydrogen-bond acceptors (Lipinski definition) is 9. The van der Waals surface area contributed by atoms with Gasteiger partial charge in [-0.05, 0) is 59.9 Å². The molecule has 12 heteroatoms. The minimum absolute atomic E-state index is 0.672. The molecule has 3 aromatic rings. The summed E-state index contributed by atoms with van der Waals surface area (Å²) in [6.45, 7) is 4.08. The van der Waals surface area contributed by atoms with Gasteiger partial charge in [-0.1, -0.05) is 36.4 Å². The molecule has 9 nitrogen and oxygen atoms in total. The molecule has 0 bridgehead atoms. The van der Waals surface area contributed by atoms with Gasteiger partial charge in [0.1, 0.15) is 0 Å². The molecular formula is C26H42N3O6Si3. The van der Waals surface area contributed by atoms with Crippen LogP contribution in [0.25, 0.3) is 0 Å². The first kappa shape index (κ1) is 33.5. The first-order valence-electron chi connectivity index (χ1n) is 11.8. The highest BCUT2D eigenvalue weighted by molar-refractivity contribution is 6.80. The normalized spacial score (nSPS) is 11.3. The van der Waals surface area contributed by atoms with Gasteiger partial charge in [0.25, 0.3) is 0 Å². The van der Waals surface area contributed by atoms with Gasteiger partial charge < -0.3 is 43.8 Å². The molecule has 0 heterocycles. The third-order valence-corrected chi connectivity index (χ3v) is 13.1. The summed E-state index contributed by atoms with van der Waals surface area (Å²) in [5, 5.41) is 3.14. The summed E-state index contributed by atoms with van der Waals surface area (Å²) in [5.41, 5.74) is 19.2. The van der Waals surface area contributed by atoms with Crippen molar-refractivity contribution in [1.29, 1.82) is 0 Å². The predicted octanol–water partition coefficient (Wildman–Crippen LogP) is 1.94. The van der Waals surface area contributed by atoms with Gasteiger partial charge in [0.2, 0.25) is 9.04 Å². The molecule has 3 rings (SSSR count). The summed E-state index contributed by atoms with van der Waals surface area (Å²) >= 11 is 0. The number of rotatable bonds is 9. The quantitative estimate of drug-likeness (QED) is 0.258. The van der Waals surface area contributed by atoms with Crippen molar-refractivity contribution in [2.45, 2.75) is 13.1 Å². The number of nitrogen functional groups attached to an aromatic ring is 3. The molecule has 0 aromatic heterocycles. The molecule has 3 aromatic carbocycles.